The number of amides is 1. The van der Waals surface area contributed by atoms with Gasteiger partial charge >= 0.3 is 5.97 Å². The van der Waals surface area contributed by atoms with Crippen molar-refractivity contribution in [3.05, 3.63) is 0 Å². The number of carbonyl (C=O) groups is 2. The molecule has 1 saturated carbocycles. The van der Waals surface area contributed by atoms with Crippen molar-refractivity contribution in [2.24, 2.45) is 0 Å². The number of piperidine rings is 1. The van der Waals surface area contributed by atoms with Gasteiger partial charge in [-0.25, -0.2) is 0 Å². The highest BCUT2D eigenvalue weighted by Crippen LogP contribution is 2.28. The fourth-order valence-corrected chi connectivity index (χ4v) is 3.19. The summed E-state index contributed by atoms with van der Waals surface area (Å²) in [6, 6.07) is 0.299. The van der Waals surface area contributed by atoms with Crippen LogP contribution in [0.2, 0.25) is 0 Å². The predicted molar refractivity (Wildman–Crippen MR) is 71.9 cm³/mol. The quantitative estimate of drug-likeness (QED) is 0.808. The molecule has 5 nitrogen and oxygen atoms in total. The molecule has 1 unspecified atom stereocenters. The number of nitrogens with one attached hydrogen (secondary N) is 1. The Morgan fingerprint density at radius 2 is 1.95 bits per heavy atom. The van der Waals surface area contributed by atoms with Gasteiger partial charge in [0.15, 0.2) is 0 Å². The van der Waals surface area contributed by atoms with Gasteiger partial charge in [-0.3, -0.25) is 14.5 Å². The second kappa shape index (κ2) is 5.90. The average Bonchev–Trinajstić information content (AvgIpc) is 2.84. The number of aliphatic carboxylic acids is 1. The third kappa shape index (κ3) is 3.26. The van der Waals surface area contributed by atoms with Crippen molar-refractivity contribution in [3.8, 4) is 0 Å². The number of likely N-dealkylation sites (tertiary alicyclic amines) is 1. The summed E-state index contributed by atoms with van der Waals surface area (Å²) in [6.45, 7) is 2.64. The van der Waals surface area contributed by atoms with E-state index in [0.717, 1.165) is 25.7 Å². The van der Waals surface area contributed by atoms with Crippen LogP contribution in [0.4, 0.5) is 0 Å². The van der Waals surface area contributed by atoms with Crippen LogP contribution in [0.3, 0.4) is 0 Å². The molecule has 0 aromatic heterocycles. The highest BCUT2D eigenvalue weighted by Gasteiger charge is 2.42. The summed E-state index contributed by atoms with van der Waals surface area (Å²) in [7, 11) is 0. The molecule has 2 aliphatic rings. The molecule has 0 bridgehead atoms. The summed E-state index contributed by atoms with van der Waals surface area (Å²) in [5.74, 6) is -0.845. The Morgan fingerprint density at radius 3 is 2.58 bits per heavy atom. The lowest BCUT2D eigenvalue weighted by Crippen LogP contribution is -2.58. The number of hydrogen-bond acceptors (Lipinski definition) is 3. The topological polar surface area (TPSA) is 69.6 Å². The van der Waals surface area contributed by atoms with Gasteiger partial charge in [0.1, 0.15) is 5.54 Å². The molecule has 1 saturated heterocycles. The number of rotatable bonds is 4. The fraction of sp³-hybridized carbons (Fsp3) is 0.857. The Kier molecular flexibility index (Phi) is 4.45. The monoisotopic (exact) mass is 268 g/mol. The van der Waals surface area contributed by atoms with Crippen molar-refractivity contribution in [3.63, 3.8) is 0 Å². The zero-order chi connectivity index (χ0) is 13.9. The minimum atomic E-state index is -0.884. The molecule has 0 spiro atoms. The van der Waals surface area contributed by atoms with Crippen LogP contribution in [0, 0.1) is 0 Å². The molecular weight excluding hydrogens is 244 g/mol. The molecule has 0 aromatic rings. The fourth-order valence-electron chi connectivity index (χ4n) is 3.19. The van der Waals surface area contributed by atoms with Gasteiger partial charge < -0.3 is 10.4 Å². The van der Waals surface area contributed by atoms with E-state index in [0.29, 0.717) is 19.0 Å². The van der Waals surface area contributed by atoms with Gasteiger partial charge in [-0.05, 0) is 45.6 Å². The second-order valence-electron chi connectivity index (χ2n) is 6.01. The van der Waals surface area contributed by atoms with Gasteiger partial charge in [0.25, 0.3) is 0 Å². The normalized spacial score (nSPS) is 29.3. The standard InChI is InChI=1S/C14H24N2O3/c1-14(13(18)19)8-4-5-9-16(14)10-12(17)15-11-6-2-3-7-11/h11H,2-10H2,1H3,(H,15,17)(H,18,19). The Labute approximate surface area is 114 Å². The van der Waals surface area contributed by atoms with E-state index in [1.165, 1.54) is 12.8 Å². The van der Waals surface area contributed by atoms with Crippen LogP contribution in [-0.2, 0) is 9.59 Å². The molecule has 1 atom stereocenters. The van der Waals surface area contributed by atoms with Gasteiger partial charge in [-0.1, -0.05) is 12.8 Å². The molecule has 1 aliphatic carbocycles. The van der Waals surface area contributed by atoms with Gasteiger partial charge in [-0.2, -0.15) is 0 Å². The van der Waals surface area contributed by atoms with E-state index in [1.807, 2.05) is 4.90 Å². The zero-order valence-corrected chi connectivity index (χ0v) is 11.7. The second-order valence-corrected chi connectivity index (χ2v) is 6.01. The van der Waals surface area contributed by atoms with Crippen LogP contribution in [0.15, 0.2) is 0 Å². The highest BCUT2D eigenvalue weighted by molar-refractivity contribution is 5.82. The third-order valence-corrected chi connectivity index (χ3v) is 4.56. The van der Waals surface area contributed by atoms with Crippen molar-refractivity contribution in [2.75, 3.05) is 13.1 Å². The van der Waals surface area contributed by atoms with Crippen molar-refractivity contribution in [2.45, 2.75) is 63.5 Å². The van der Waals surface area contributed by atoms with Crippen LogP contribution >= 0.6 is 0 Å². The van der Waals surface area contributed by atoms with Gasteiger partial charge in [0.05, 0.1) is 6.54 Å². The summed E-state index contributed by atoms with van der Waals surface area (Å²) >= 11 is 0. The molecular formula is C14H24N2O3. The molecule has 1 heterocycles. The number of carboxylic acid groups (broad SMARTS) is 1. The van der Waals surface area contributed by atoms with Crippen LogP contribution in [0.25, 0.3) is 0 Å². The van der Waals surface area contributed by atoms with Crippen molar-refractivity contribution < 1.29 is 14.7 Å². The lowest BCUT2D eigenvalue weighted by atomic mass is 9.88. The largest absolute Gasteiger partial charge is 0.480 e. The Hall–Kier alpha value is -1.10. The van der Waals surface area contributed by atoms with Gasteiger partial charge in [0.2, 0.25) is 5.91 Å². The molecule has 108 valence electrons. The van der Waals surface area contributed by atoms with E-state index in [-0.39, 0.29) is 12.5 Å². The maximum atomic E-state index is 12.0. The summed E-state index contributed by atoms with van der Waals surface area (Å²) in [6.07, 6.45) is 7.00. The molecule has 2 fully saturated rings. The van der Waals surface area contributed by atoms with Crippen LogP contribution in [0.5, 0.6) is 0 Å². The Bertz CT molecular complexity index is 353. The van der Waals surface area contributed by atoms with E-state index >= 15 is 0 Å². The number of hydrogen-bond donors (Lipinski definition) is 2. The maximum Gasteiger partial charge on any atom is 0.323 e. The van der Waals surface area contributed by atoms with Crippen molar-refractivity contribution >= 4 is 11.9 Å². The first kappa shape index (κ1) is 14.3. The van der Waals surface area contributed by atoms with E-state index in [2.05, 4.69) is 5.32 Å². The average molecular weight is 268 g/mol. The Balaban J connectivity index is 1.91. The minimum absolute atomic E-state index is 0.0266. The van der Waals surface area contributed by atoms with E-state index in [9.17, 15) is 14.7 Å². The molecule has 2 rings (SSSR count). The summed E-state index contributed by atoms with van der Waals surface area (Å²) in [4.78, 5) is 25.3. The van der Waals surface area contributed by atoms with E-state index in [4.69, 9.17) is 0 Å². The highest BCUT2D eigenvalue weighted by atomic mass is 16.4. The minimum Gasteiger partial charge on any atom is -0.480 e. The molecule has 0 aromatic carbocycles. The zero-order valence-electron chi connectivity index (χ0n) is 11.7. The lowest BCUT2D eigenvalue weighted by molar-refractivity contribution is -0.153. The molecule has 19 heavy (non-hydrogen) atoms. The molecule has 2 N–H and O–H groups in total. The van der Waals surface area contributed by atoms with Crippen molar-refractivity contribution in [1.82, 2.24) is 10.2 Å². The van der Waals surface area contributed by atoms with Crippen molar-refractivity contribution in [1.29, 1.82) is 0 Å². The third-order valence-electron chi connectivity index (χ3n) is 4.56. The number of carbonyl (C=O) groups excluding carboxylic acids is 1. The van der Waals surface area contributed by atoms with E-state index in [1.54, 1.807) is 6.92 Å². The first-order valence-electron chi connectivity index (χ1n) is 7.30. The van der Waals surface area contributed by atoms with Crippen LogP contribution < -0.4 is 5.32 Å². The van der Waals surface area contributed by atoms with Crippen LogP contribution in [-0.4, -0.2) is 46.6 Å². The van der Waals surface area contributed by atoms with Gasteiger partial charge in [-0.15, -0.1) is 0 Å². The number of carboxylic acids is 1. The summed E-state index contributed by atoms with van der Waals surface area (Å²) < 4.78 is 0. The van der Waals surface area contributed by atoms with Gasteiger partial charge in [0, 0.05) is 6.04 Å². The molecule has 1 aliphatic heterocycles. The summed E-state index contributed by atoms with van der Waals surface area (Å²) in [5.41, 5.74) is -0.884. The first-order chi connectivity index (χ1) is 9.02. The Morgan fingerprint density at radius 1 is 1.26 bits per heavy atom. The smallest absolute Gasteiger partial charge is 0.323 e. The SMILES string of the molecule is CC1(C(=O)O)CCCCN1CC(=O)NC1CCCC1. The molecule has 5 heteroatoms. The lowest BCUT2D eigenvalue weighted by Gasteiger charge is -2.41. The number of nitrogens with zero attached hydrogens (tertiary/aromatic N) is 1. The molecule has 1 amide bonds. The summed E-state index contributed by atoms with van der Waals surface area (Å²) in [5, 5.41) is 12.4. The molecule has 0 radical (unpaired) electrons. The van der Waals surface area contributed by atoms with E-state index < -0.39 is 11.5 Å². The maximum absolute atomic E-state index is 12.0. The predicted octanol–water partition coefficient (Wildman–Crippen LogP) is 1.37. The first-order valence-corrected chi connectivity index (χ1v) is 7.30. The van der Waals surface area contributed by atoms with Crippen LogP contribution in [0.1, 0.15) is 51.9 Å².